The van der Waals surface area contributed by atoms with Gasteiger partial charge in [0.2, 0.25) is 5.89 Å². The maximum absolute atomic E-state index is 12.2. The van der Waals surface area contributed by atoms with Crippen LogP contribution in [0.5, 0.6) is 0 Å². The Kier molecular flexibility index (Phi) is 6.38. The summed E-state index contributed by atoms with van der Waals surface area (Å²) in [6.07, 6.45) is 2.99. The molecule has 2 atom stereocenters. The number of likely N-dealkylation sites (tertiary alicyclic amines) is 1. The average molecular weight is 324 g/mol. The fourth-order valence-electron chi connectivity index (χ4n) is 2.74. The molecule has 0 aliphatic carbocycles. The lowest BCUT2D eigenvalue weighted by molar-refractivity contribution is 0.0739. The molecule has 2 unspecified atom stereocenters. The normalized spacial score (nSPS) is 19.9. The van der Waals surface area contributed by atoms with Crippen LogP contribution >= 0.6 is 0 Å². The zero-order valence-electron chi connectivity index (χ0n) is 14.3. The maximum Gasteiger partial charge on any atom is 0.317 e. The first-order chi connectivity index (χ1) is 11.0. The number of piperidine rings is 1. The number of rotatable bonds is 6. The predicted molar refractivity (Wildman–Crippen MR) is 86.1 cm³/mol. The van der Waals surface area contributed by atoms with Crippen LogP contribution in [-0.2, 0) is 6.42 Å². The minimum atomic E-state index is -0.363. The fourth-order valence-corrected chi connectivity index (χ4v) is 2.74. The molecular weight excluding hydrogens is 296 g/mol. The van der Waals surface area contributed by atoms with Crippen LogP contribution in [0, 0.1) is 5.92 Å². The Bertz CT molecular complexity index is 501. The third kappa shape index (κ3) is 5.20. The van der Waals surface area contributed by atoms with Crippen molar-refractivity contribution in [3.63, 3.8) is 0 Å². The second-order valence-electron chi connectivity index (χ2n) is 6.63. The largest absolute Gasteiger partial charge is 0.393 e. The lowest BCUT2D eigenvalue weighted by atomic mass is 9.94. The summed E-state index contributed by atoms with van der Waals surface area (Å²) >= 11 is 0. The second-order valence-corrected chi connectivity index (χ2v) is 6.63. The molecule has 1 saturated heterocycles. The smallest absolute Gasteiger partial charge is 0.317 e. The van der Waals surface area contributed by atoms with Gasteiger partial charge in [0.25, 0.3) is 0 Å². The highest BCUT2D eigenvalue weighted by Crippen LogP contribution is 2.19. The molecule has 2 amide bonds. The van der Waals surface area contributed by atoms with Gasteiger partial charge in [0.15, 0.2) is 5.82 Å². The SMILES string of the molecule is CC(C)c1noc(CCCNC(=O)N2CCCC(C(C)O)C2)n1. The van der Waals surface area contributed by atoms with Crippen molar-refractivity contribution in [1.29, 1.82) is 0 Å². The molecule has 7 nitrogen and oxygen atoms in total. The number of carbonyl (C=O) groups excluding carboxylic acids is 1. The molecule has 1 fully saturated rings. The van der Waals surface area contributed by atoms with Gasteiger partial charge in [-0.25, -0.2) is 4.79 Å². The second kappa shape index (κ2) is 8.29. The summed E-state index contributed by atoms with van der Waals surface area (Å²) in [7, 11) is 0. The number of aryl methyl sites for hydroxylation is 1. The molecule has 1 aliphatic rings. The van der Waals surface area contributed by atoms with Gasteiger partial charge in [0, 0.05) is 37.9 Å². The van der Waals surface area contributed by atoms with E-state index in [0.29, 0.717) is 25.4 Å². The Hall–Kier alpha value is -1.63. The van der Waals surface area contributed by atoms with Crippen molar-refractivity contribution >= 4 is 6.03 Å². The van der Waals surface area contributed by atoms with E-state index in [-0.39, 0.29) is 24.0 Å². The molecule has 1 aromatic rings. The van der Waals surface area contributed by atoms with Gasteiger partial charge in [0.1, 0.15) is 0 Å². The number of aliphatic hydroxyl groups excluding tert-OH is 1. The molecule has 2 rings (SSSR count). The molecular formula is C16H28N4O3. The molecule has 0 bridgehead atoms. The molecule has 2 N–H and O–H groups in total. The molecule has 1 aliphatic heterocycles. The number of nitrogens with zero attached hydrogens (tertiary/aromatic N) is 3. The maximum atomic E-state index is 12.2. The van der Waals surface area contributed by atoms with Crippen LogP contribution in [-0.4, -0.2) is 51.9 Å². The van der Waals surface area contributed by atoms with Crippen molar-refractivity contribution in [3.8, 4) is 0 Å². The Morgan fingerprint density at radius 1 is 1.48 bits per heavy atom. The number of amides is 2. The van der Waals surface area contributed by atoms with Crippen molar-refractivity contribution in [2.45, 2.75) is 58.5 Å². The lowest BCUT2D eigenvalue weighted by Gasteiger charge is -2.34. The third-order valence-corrected chi connectivity index (χ3v) is 4.27. The first-order valence-electron chi connectivity index (χ1n) is 8.50. The summed E-state index contributed by atoms with van der Waals surface area (Å²) in [5.74, 6) is 1.78. The molecule has 0 saturated carbocycles. The highest BCUT2D eigenvalue weighted by Gasteiger charge is 2.26. The van der Waals surface area contributed by atoms with Crippen LogP contribution in [0.1, 0.15) is 57.7 Å². The number of nitrogens with one attached hydrogen (secondary N) is 1. The van der Waals surface area contributed by atoms with Crippen LogP contribution in [0.25, 0.3) is 0 Å². The quantitative estimate of drug-likeness (QED) is 0.780. The first-order valence-corrected chi connectivity index (χ1v) is 8.50. The number of aliphatic hydroxyl groups is 1. The molecule has 0 aromatic carbocycles. The van der Waals surface area contributed by atoms with Gasteiger partial charge >= 0.3 is 6.03 Å². The van der Waals surface area contributed by atoms with Crippen molar-refractivity contribution in [2.24, 2.45) is 5.92 Å². The van der Waals surface area contributed by atoms with Gasteiger partial charge in [-0.2, -0.15) is 4.98 Å². The van der Waals surface area contributed by atoms with Crippen LogP contribution in [0.4, 0.5) is 4.79 Å². The van der Waals surface area contributed by atoms with E-state index in [2.05, 4.69) is 15.5 Å². The number of urea groups is 1. The summed E-state index contributed by atoms with van der Waals surface area (Å²) in [5, 5.41) is 16.5. The number of aromatic nitrogens is 2. The predicted octanol–water partition coefficient (Wildman–Crippen LogP) is 1.93. The number of hydrogen-bond donors (Lipinski definition) is 2. The summed E-state index contributed by atoms with van der Waals surface area (Å²) in [5.41, 5.74) is 0. The zero-order valence-corrected chi connectivity index (χ0v) is 14.3. The summed E-state index contributed by atoms with van der Waals surface area (Å²) < 4.78 is 5.18. The van der Waals surface area contributed by atoms with E-state index in [9.17, 15) is 9.90 Å². The van der Waals surface area contributed by atoms with E-state index in [1.807, 2.05) is 13.8 Å². The van der Waals surface area contributed by atoms with Crippen molar-refractivity contribution < 1.29 is 14.4 Å². The Balaban J connectivity index is 1.68. The van der Waals surface area contributed by atoms with E-state index >= 15 is 0 Å². The van der Waals surface area contributed by atoms with E-state index in [1.165, 1.54) is 0 Å². The monoisotopic (exact) mass is 324 g/mol. The summed E-state index contributed by atoms with van der Waals surface area (Å²) in [4.78, 5) is 18.3. The van der Waals surface area contributed by atoms with Crippen molar-refractivity contribution in [1.82, 2.24) is 20.4 Å². The van der Waals surface area contributed by atoms with Crippen LogP contribution in [0.15, 0.2) is 4.52 Å². The van der Waals surface area contributed by atoms with Gasteiger partial charge in [0.05, 0.1) is 6.10 Å². The summed E-state index contributed by atoms with van der Waals surface area (Å²) in [6.45, 7) is 7.80. The Morgan fingerprint density at radius 2 is 2.26 bits per heavy atom. The minimum absolute atomic E-state index is 0.0521. The number of hydrogen-bond acceptors (Lipinski definition) is 5. The molecule has 23 heavy (non-hydrogen) atoms. The highest BCUT2D eigenvalue weighted by atomic mass is 16.5. The van der Waals surface area contributed by atoms with Crippen LogP contribution < -0.4 is 5.32 Å². The van der Waals surface area contributed by atoms with E-state index in [1.54, 1.807) is 11.8 Å². The van der Waals surface area contributed by atoms with E-state index in [4.69, 9.17) is 4.52 Å². The van der Waals surface area contributed by atoms with E-state index in [0.717, 1.165) is 31.6 Å². The number of carbonyl (C=O) groups is 1. The molecule has 0 radical (unpaired) electrons. The molecule has 7 heteroatoms. The van der Waals surface area contributed by atoms with Crippen molar-refractivity contribution in [2.75, 3.05) is 19.6 Å². The molecule has 0 spiro atoms. The molecule has 130 valence electrons. The minimum Gasteiger partial charge on any atom is -0.393 e. The van der Waals surface area contributed by atoms with Crippen LogP contribution in [0.3, 0.4) is 0 Å². The summed E-state index contributed by atoms with van der Waals surface area (Å²) in [6, 6.07) is -0.0521. The standard InChI is InChI=1S/C16H28N4O3/c1-11(2)15-18-14(23-19-15)7-4-8-17-16(22)20-9-5-6-13(10-20)12(3)21/h11-13,21H,4-10H2,1-3H3,(H,17,22). The van der Waals surface area contributed by atoms with Gasteiger partial charge in [-0.3, -0.25) is 0 Å². The van der Waals surface area contributed by atoms with Gasteiger partial charge in [-0.1, -0.05) is 19.0 Å². The molecule has 1 aromatic heterocycles. The van der Waals surface area contributed by atoms with Gasteiger partial charge in [-0.15, -0.1) is 0 Å². The Morgan fingerprint density at radius 3 is 2.91 bits per heavy atom. The topological polar surface area (TPSA) is 91.5 Å². The highest BCUT2D eigenvalue weighted by molar-refractivity contribution is 5.74. The van der Waals surface area contributed by atoms with Crippen molar-refractivity contribution in [3.05, 3.63) is 11.7 Å². The van der Waals surface area contributed by atoms with E-state index < -0.39 is 0 Å². The first kappa shape index (κ1) is 17.7. The van der Waals surface area contributed by atoms with Crippen LogP contribution in [0.2, 0.25) is 0 Å². The lowest BCUT2D eigenvalue weighted by Crippen LogP contribution is -2.47. The van der Waals surface area contributed by atoms with Gasteiger partial charge < -0.3 is 19.8 Å². The molecule has 2 heterocycles. The zero-order chi connectivity index (χ0) is 16.8. The third-order valence-electron chi connectivity index (χ3n) is 4.27. The average Bonchev–Trinajstić information content (AvgIpc) is 3.00. The van der Waals surface area contributed by atoms with Gasteiger partial charge in [-0.05, 0) is 26.2 Å². The Labute approximate surface area is 137 Å². The fraction of sp³-hybridized carbons (Fsp3) is 0.812.